The normalized spacial score (nSPS) is 15.2. The van der Waals surface area contributed by atoms with Gasteiger partial charge in [0.2, 0.25) is 0 Å². The van der Waals surface area contributed by atoms with Crippen molar-refractivity contribution < 1.29 is 19.0 Å². The zero-order chi connectivity index (χ0) is 23.7. The quantitative estimate of drug-likeness (QED) is 0.555. The average Bonchev–Trinajstić information content (AvgIpc) is 3.48. The Morgan fingerprint density at radius 2 is 1.69 bits per heavy atom. The molecule has 0 spiro atoms. The average molecular weight is 444 g/mol. The highest BCUT2D eigenvalue weighted by atomic mass is 19.1. The molecule has 0 aliphatic rings. The summed E-state index contributed by atoms with van der Waals surface area (Å²) in [5.41, 5.74) is -2.18. The predicted octanol–water partition coefficient (Wildman–Crippen LogP) is 1.40. The van der Waals surface area contributed by atoms with Gasteiger partial charge in [0.1, 0.15) is 42.5 Å². The van der Waals surface area contributed by atoms with Crippen molar-refractivity contribution in [2.45, 2.75) is 38.6 Å². The highest BCUT2D eigenvalue weighted by molar-refractivity contribution is 5.27. The molecule has 3 rings (SSSR count). The number of rotatable bonds is 7. The van der Waals surface area contributed by atoms with E-state index < -0.39 is 29.3 Å². The van der Waals surface area contributed by atoms with Crippen LogP contribution in [0.3, 0.4) is 0 Å². The molecule has 2 unspecified atom stereocenters. The second-order valence-corrected chi connectivity index (χ2v) is 7.09. The van der Waals surface area contributed by atoms with Gasteiger partial charge in [0.25, 0.3) is 0 Å². The first-order valence-corrected chi connectivity index (χ1v) is 9.51. The Morgan fingerprint density at radius 1 is 1.06 bits per heavy atom. The topological polar surface area (TPSA) is 149 Å². The fraction of sp³-hybridized carbons (Fsp3) is 0.400. The predicted molar refractivity (Wildman–Crippen MR) is 106 cm³/mol. The van der Waals surface area contributed by atoms with Crippen molar-refractivity contribution in [2.24, 2.45) is 11.8 Å². The molecule has 0 saturated heterocycles. The molecule has 3 aromatic rings. The molecule has 2 N–H and O–H groups in total. The van der Waals surface area contributed by atoms with E-state index in [1.807, 2.05) is 12.1 Å². The van der Waals surface area contributed by atoms with Crippen molar-refractivity contribution in [2.75, 3.05) is 0 Å². The Labute approximate surface area is 183 Å². The van der Waals surface area contributed by atoms with E-state index in [2.05, 4.69) is 20.2 Å². The molecule has 0 radical (unpaired) electrons. The van der Waals surface area contributed by atoms with Crippen molar-refractivity contribution in [3.63, 3.8) is 0 Å². The summed E-state index contributed by atoms with van der Waals surface area (Å²) in [7, 11) is 0. The van der Waals surface area contributed by atoms with E-state index in [-0.39, 0.29) is 18.0 Å². The van der Waals surface area contributed by atoms with E-state index in [4.69, 9.17) is 10.5 Å². The van der Waals surface area contributed by atoms with Crippen LogP contribution >= 0.6 is 0 Å². The molecule has 2 aromatic heterocycles. The van der Waals surface area contributed by atoms with E-state index in [1.54, 1.807) is 6.92 Å². The minimum Gasteiger partial charge on any atom is -0.390 e. The van der Waals surface area contributed by atoms with Gasteiger partial charge in [-0.25, -0.2) is 23.4 Å². The third-order valence-electron chi connectivity index (χ3n) is 4.80. The third kappa shape index (κ3) is 6.14. The largest absolute Gasteiger partial charge is 0.390 e. The molecule has 0 amide bonds. The Morgan fingerprint density at radius 3 is 2.22 bits per heavy atom. The van der Waals surface area contributed by atoms with Gasteiger partial charge in [0.15, 0.2) is 0 Å². The molecule has 0 bridgehead atoms. The number of hydrogen-bond acceptors (Lipinski definition) is 8. The Balaban J connectivity index is 0.000000258. The number of hydrogen-bond donors (Lipinski definition) is 2. The molecule has 1 aromatic carbocycles. The lowest BCUT2D eigenvalue weighted by Gasteiger charge is -2.31. The van der Waals surface area contributed by atoms with Crippen LogP contribution in [0, 0.1) is 46.1 Å². The highest BCUT2D eigenvalue weighted by Gasteiger charge is 2.39. The van der Waals surface area contributed by atoms with E-state index in [0.29, 0.717) is 6.54 Å². The summed E-state index contributed by atoms with van der Waals surface area (Å²) in [4.78, 5) is 7.43. The van der Waals surface area contributed by atoms with Gasteiger partial charge in [-0.05, 0) is 32.0 Å². The van der Waals surface area contributed by atoms with E-state index in [1.165, 1.54) is 41.6 Å². The van der Waals surface area contributed by atoms with E-state index in [0.717, 1.165) is 18.2 Å². The maximum absolute atomic E-state index is 13.9. The molecular formula is C20H22F2N8O2. The standard InChI is InChI=1S/C13H12F2N4O.C7H10N4O/c1-9(5-16)13(20,6-19-8-17-7-18-19)11-4-10(14)2-3-12(11)15;1-6(2-8)7(12)3-11-5-9-4-10-11/h2-4,7-9,20H,6H2,1H3;4-7,12H,3H2,1H3/t9-,13-;/m0./s1. The van der Waals surface area contributed by atoms with Gasteiger partial charge in [-0.15, -0.1) is 0 Å². The molecule has 2 heterocycles. The monoisotopic (exact) mass is 444 g/mol. The Bertz CT molecular complexity index is 1060. The summed E-state index contributed by atoms with van der Waals surface area (Å²) >= 11 is 0. The molecule has 0 aliphatic heterocycles. The maximum atomic E-state index is 13.9. The molecule has 12 heteroatoms. The summed E-state index contributed by atoms with van der Waals surface area (Å²) in [6.45, 7) is 3.21. The van der Waals surface area contributed by atoms with Gasteiger partial charge in [-0.1, -0.05) is 0 Å². The Kier molecular flexibility index (Phi) is 8.46. The zero-order valence-corrected chi connectivity index (χ0v) is 17.4. The van der Waals surface area contributed by atoms with Gasteiger partial charge in [0, 0.05) is 5.56 Å². The van der Waals surface area contributed by atoms with Crippen molar-refractivity contribution in [1.82, 2.24) is 29.5 Å². The van der Waals surface area contributed by atoms with Crippen LogP contribution in [0.5, 0.6) is 0 Å². The van der Waals surface area contributed by atoms with Crippen LogP contribution in [0.1, 0.15) is 19.4 Å². The lowest BCUT2D eigenvalue weighted by atomic mass is 9.82. The first kappa shape index (κ1) is 24.5. The summed E-state index contributed by atoms with van der Waals surface area (Å²) in [6, 6.07) is 6.58. The molecule has 32 heavy (non-hydrogen) atoms. The minimum absolute atomic E-state index is 0.206. The van der Waals surface area contributed by atoms with Crippen LogP contribution in [0.4, 0.5) is 8.78 Å². The van der Waals surface area contributed by atoms with Crippen LogP contribution in [0.15, 0.2) is 43.5 Å². The van der Waals surface area contributed by atoms with Gasteiger partial charge in [-0.2, -0.15) is 20.7 Å². The second-order valence-electron chi connectivity index (χ2n) is 7.09. The molecule has 4 atom stereocenters. The van der Waals surface area contributed by atoms with E-state index in [9.17, 15) is 19.0 Å². The SMILES string of the molecule is CC(C#N)C(O)Cn1cncn1.C[C@@H](C#N)[C@@](O)(Cn1cncn1)c1cc(F)ccc1F. The number of nitriles is 2. The van der Waals surface area contributed by atoms with Crippen LogP contribution in [0.2, 0.25) is 0 Å². The van der Waals surface area contributed by atoms with Crippen LogP contribution in [0.25, 0.3) is 0 Å². The van der Waals surface area contributed by atoms with Crippen molar-refractivity contribution >= 4 is 0 Å². The number of benzene rings is 1. The van der Waals surface area contributed by atoms with Crippen LogP contribution in [-0.2, 0) is 18.7 Å². The van der Waals surface area contributed by atoms with E-state index >= 15 is 0 Å². The molecule has 0 aliphatic carbocycles. The molecule has 0 fully saturated rings. The molecule has 0 saturated carbocycles. The number of aromatic nitrogens is 6. The van der Waals surface area contributed by atoms with Gasteiger partial charge < -0.3 is 10.2 Å². The first-order valence-electron chi connectivity index (χ1n) is 9.51. The molecular weight excluding hydrogens is 422 g/mol. The number of nitrogens with zero attached hydrogens (tertiary/aromatic N) is 8. The minimum atomic E-state index is -1.91. The van der Waals surface area contributed by atoms with Crippen molar-refractivity contribution in [1.29, 1.82) is 10.5 Å². The van der Waals surface area contributed by atoms with Crippen molar-refractivity contribution in [3.8, 4) is 12.1 Å². The fourth-order valence-corrected chi connectivity index (χ4v) is 2.72. The second kappa shape index (κ2) is 11.0. The first-order chi connectivity index (χ1) is 15.2. The highest BCUT2D eigenvalue weighted by Crippen LogP contribution is 2.33. The van der Waals surface area contributed by atoms with Crippen molar-refractivity contribution in [3.05, 3.63) is 60.7 Å². The lowest BCUT2D eigenvalue weighted by molar-refractivity contribution is -0.0199. The Hall–Kier alpha value is -3.74. The van der Waals surface area contributed by atoms with Gasteiger partial charge >= 0.3 is 0 Å². The summed E-state index contributed by atoms with van der Waals surface area (Å²) in [5.74, 6) is -2.82. The number of aliphatic hydroxyl groups is 2. The maximum Gasteiger partial charge on any atom is 0.137 e. The van der Waals surface area contributed by atoms with Gasteiger partial charge in [-0.3, -0.25) is 4.68 Å². The number of halogens is 2. The summed E-state index contributed by atoms with van der Waals surface area (Å²) in [5, 5.41) is 45.2. The van der Waals surface area contributed by atoms with Crippen LogP contribution < -0.4 is 0 Å². The van der Waals surface area contributed by atoms with Gasteiger partial charge in [0.05, 0.1) is 43.2 Å². The summed E-state index contributed by atoms with van der Waals surface area (Å²) < 4.78 is 30.0. The van der Waals surface area contributed by atoms with Crippen LogP contribution in [-0.4, -0.2) is 45.8 Å². The number of aliphatic hydroxyl groups excluding tert-OH is 1. The third-order valence-corrected chi connectivity index (χ3v) is 4.80. The molecule has 10 nitrogen and oxygen atoms in total. The molecule has 168 valence electrons. The fourth-order valence-electron chi connectivity index (χ4n) is 2.72. The summed E-state index contributed by atoms with van der Waals surface area (Å²) in [6.07, 6.45) is 4.79. The lowest BCUT2D eigenvalue weighted by Crippen LogP contribution is -2.38. The smallest absolute Gasteiger partial charge is 0.137 e. The zero-order valence-electron chi connectivity index (χ0n) is 17.4.